The molecule has 0 bridgehead atoms. The number of imide groups is 1. The van der Waals surface area contributed by atoms with Crippen LogP contribution in [0.15, 0.2) is 0 Å². The second-order valence-electron chi connectivity index (χ2n) is 1.57. The summed E-state index contributed by atoms with van der Waals surface area (Å²) in [5, 5.41) is 0.358. The highest BCUT2D eigenvalue weighted by Crippen LogP contribution is 1.94. The first-order valence-corrected chi connectivity index (χ1v) is 3.65. The smallest absolute Gasteiger partial charge is 0.321 e. The molecule has 0 radical (unpaired) electrons. The van der Waals surface area contributed by atoms with Gasteiger partial charge in [0.1, 0.15) is 0 Å². The van der Waals surface area contributed by atoms with Crippen molar-refractivity contribution in [3.8, 4) is 0 Å². The molecule has 62 valence electrons. The molecule has 11 heavy (non-hydrogen) atoms. The van der Waals surface area contributed by atoms with Gasteiger partial charge in [-0.25, -0.2) is 0 Å². The summed E-state index contributed by atoms with van der Waals surface area (Å²) in [5.41, 5.74) is 0. The van der Waals surface area contributed by atoms with Crippen LogP contribution in [0.1, 0.15) is 6.42 Å². The molecule has 0 aliphatic heterocycles. The number of amides is 2. The molecule has 6 heteroatoms. The van der Waals surface area contributed by atoms with Gasteiger partial charge in [0, 0.05) is 6.42 Å². The lowest BCUT2D eigenvalue weighted by Gasteiger charge is -2.09. The van der Waals surface area contributed by atoms with E-state index in [-0.39, 0.29) is 19.3 Å². The lowest BCUT2D eigenvalue weighted by atomic mass is 10.4. The van der Waals surface area contributed by atoms with Crippen molar-refractivity contribution in [3.05, 3.63) is 0 Å². The second-order valence-corrected chi connectivity index (χ2v) is 2.14. The number of hydrogen-bond donors (Lipinski definition) is 0. The fraction of sp³-hybridized carbons (Fsp3) is 0.400. The van der Waals surface area contributed by atoms with E-state index in [1.54, 1.807) is 0 Å². The second kappa shape index (κ2) is 5.80. The predicted octanol–water partition coefficient (Wildman–Crippen LogP) is -0.675. The van der Waals surface area contributed by atoms with Crippen LogP contribution in [-0.2, 0) is 19.2 Å². The Bertz CT molecular complexity index is 161. The number of rotatable bonds is 5. The van der Waals surface area contributed by atoms with Crippen LogP contribution in [0.5, 0.6) is 0 Å². The van der Waals surface area contributed by atoms with Crippen molar-refractivity contribution in [1.29, 1.82) is 0 Å². The molecular formula is C5H8NO4P. The lowest BCUT2D eigenvalue weighted by molar-refractivity contribution is -0.186. The summed E-state index contributed by atoms with van der Waals surface area (Å²) in [6, 6.07) is 0. The third kappa shape index (κ3) is 3.68. The van der Waals surface area contributed by atoms with Crippen LogP contribution < -0.4 is 0 Å². The van der Waals surface area contributed by atoms with Crippen LogP contribution in [-0.4, -0.2) is 30.0 Å². The van der Waals surface area contributed by atoms with Gasteiger partial charge in [-0.3, -0.25) is 14.4 Å². The van der Waals surface area contributed by atoms with Gasteiger partial charge in [0.25, 0.3) is 12.3 Å². The molecule has 5 nitrogen and oxygen atoms in total. The first-order chi connectivity index (χ1) is 5.26. The van der Waals surface area contributed by atoms with Gasteiger partial charge in [-0.2, -0.15) is 0 Å². The minimum atomic E-state index is -0.540. The molecule has 0 N–H and O–H groups in total. The summed E-state index contributed by atoms with van der Waals surface area (Å²) in [6.45, 7) is 0.0229. The summed E-state index contributed by atoms with van der Waals surface area (Å²) in [6.07, 6.45) is 0.819. The molecule has 0 aromatic rings. The van der Waals surface area contributed by atoms with E-state index >= 15 is 0 Å². The zero-order chi connectivity index (χ0) is 8.69. The van der Waals surface area contributed by atoms with Gasteiger partial charge in [-0.05, 0) is 6.16 Å². The molecule has 1 unspecified atom stereocenters. The van der Waals surface area contributed by atoms with E-state index in [1.807, 2.05) is 0 Å². The molecule has 0 aromatic heterocycles. The molecule has 0 saturated carbocycles. The number of carbonyl (C=O) groups excluding carboxylic acids is 3. The Labute approximate surface area is 65.8 Å². The Morgan fingerprint density at radius 1 is 1.55 bits per heavy atom. The van der Waals surface area contributed by atoms with Crippen molar-refractivity contribution in [2.45, 2.75) is 6.42 Å². The SMILES string of the molecule is O=CON(C=O)C(=O)CCP. The van der Waals surface area contributed by atoms with Crippen LogP contribution in [0.25, 0.3) is 0 Å². The quantitative estimate of drug-likeness (QED) is 0.317. The van der Waals surface area contributed by atoms with E-state index in [1.165, 1.54) is 0 Å². The molecule has 0 aliphatic carbocycles. The molecule has 0 saturated heterocycles. The van der Waals surface area contributed by atoms with E-state index < -0.39 is 5.91 Å². The highest BCUT2D eigenvalue weighted by Gasteiger charge is 2.11. The monoisotopic (exact) mass is 177 g/mol. The lowest BCUT2D eigenvalue weighted by Crippen LogP contribution is -2.29. The number of nitrogens with zero attached hydrogens (tertiary/aromatic N) is 1. The minimum absolute atomic E-state index is 0.0229. The molecule has 0 spiro atoms. The molecule has 0 rings (SSSR count). The first kappa shape index (κ1) is 10.0. The van der Waals surface area contributed by atoms with E-state index in [0.29, 0.717) is 11.2 Å². The Hall–Kier alpha value is -0.960. The van der Waals surface area contributed by atoms with Crippen LogP contribution in [0, 0.1) is 0 Å². The van der Waals surface area contributed by atoms with Crippen molar-refractivity contribution in [2.75, 3.05) is 6.16 Å². The van der Waals surface area contributed by atoms with Crippen LogP contribution in [0.3, 0.4) is 0 Å². The third-order valence-electron chi connectivity index (χ3n) is 0.856. The van der Waals surface area contributed by atoms with Crippen molar-refractivity contribution >= 4 is 28.0 Å². The fourth-order valence-corrected chi connectivity index (χ4v) is 0.669. The first-order valence-electron chi connectivity index (χ1n) is 2.84. The highest BCUT2D eigenvalue weighted by molar-refractivity contribution is 7.16. The van der Waals surface area contributed by atoms with E-state index in [2.05, 4.69) is 14.1 Å². The number of hydrogen-bond acceptors (Lipinski definition) is 4. The molecule has 0 fully saturated rings. The summed E-state index contributed by atoms with van der Waals surface area (Å²) >= 11 is 0. The third-order valence-corrected chi connectivity index (χ3v) is 1.15. The van der Waals surface area contributed by atoms with Gasteiger partial charge < -0.3 is 4.84 Å². The van der Waals surface area contributed by atoms with Crippen molar-refractivity contribution in [2.24, 2.45) is 0 Å². The Morgan fingerprint density at radius 3 is 2.55 bits per heavy atom. The molecular weight excluding hydrogens is 169 g/mol. The van der Waals surface area contributed by atoms with Gasteiger partial charge in [0.2, 0.25) is 0 Å². The maximum absolute atomic E-state index is 10.8. The zero-order valence-corrected chi connectivity index (χ0v) is 6.88. The maximum atomic E-state index is 10.8. The molecule has 2 amide bonds. The normalized spacial score (nSPS) is 8.45. The van der Waals surface area contributed by atoms with E-state index in [4.69, 9.17) is 0 Å². The number of carbonyl (C=O) groups is 3. The van der Waals surface area contributed by atoms with E-state index in [9.17, 15) is 14.4 Å². The molecule has 1 atom stereocenters. The van der Waals surface area contributed by atoms with Crippen molar-refractivity contribution < 1.29 is 19.2 Å². The van der Waals surface area contributed by atoms with E-state index in [0.717, 1.165) is 0 Å². The van der Waals surface area contributed by atoms with Gasteiger partial charge >= 0.3 is 6.47 Å². The van der Waals surface area contributed by atoms with Gasteiger partial charge in [0.15, 0.2) is 0 Å². The standard InChI is InChI=1S/C5H8NO4P/c7-3-6(10-4-8)5(9)1-2-11/h3-4H,1-2,11H2. The predicted molar refractivity (Wildman–Crippen MR) is 39.3 cm³/mol. The van der Waals surface area contributed by atoms with Crippen LogP contribution in [0.4, 0.5) is 0 Å². The van der Waals surface area contributed by atoms with Crippen molar-refractivity contribution in [1.82, 2.24) is 5.06 Å². The van der Waals surface area contributed by atoms with Gasteiger partial charge in [0.05, 0.1) is 0 Å². The average Bonchev–Trinajstić information content (AvgIpc) is 2.00. The Balaban J connectivity index is 3.90. The summed E-state index contributed by atoms with van der Waals surface area (Å²) in [7, 11) is 2.32. The summed E-state index contributed by atoms with van der Waals surface area (Å²) in [5.74, 6) is -0.540. The zero-order valence-electron chi connectivity index (χ0n) is 5.73. The Morgan fingerprint density at radius 2 is 2.18 bits per heavy atom. The highest BCUT2D eigenvalue weighted by atomic mass is 31.0. The van der Waals surface area contributed by atoms with Crippen LogP contribution >= 0.6 is 9.24 Å². The average molecular weight is 177 g/mol. The fourth-order valence-electron chi connectivity index (χ4n) is 0.422. The molecule has 0 heterocycles. The maximum Gasteiger partial charge on any atom is 0.321 e. The molecule has 0 aliphatic rings. The molecule has 0 aromatic carbocycles. The van der Waals surface area contributed by atoms with Crippen molar-refractivity contribution in [3.63, 3.8) is 0 Å². The Kier molecular flexibility index (Phi) is 5.29. The van der Waals surface area contributed by atoms with Gasteiger partial charge in [-0.1, -0.05) is 0 Å². The van der Waals surface area contributed by atoms with Gasteiger partial charge in [-0.15, -0.1) is 14.3 Å². The summed E-state index contributed by atoms with van der Waals surface area (Å²) < 4.78 is 0. The van der Waals surface area contributed by atoms with Crippen LogP contribution in [0.2, 0.25) is 0 Å². The summed E-state index contributed by atoms with van der Waals surface area (Å²) in [4.78, 5) is 34.5. The topological polar surface area (TPSA) is 63.7 Å². The minimum Gasteiger partial charge on any atom is -0.334 e. The number of hydroxylamine groups is 2. The largest absolute Gasteiger partial charge is 0.334 e.